The molecule has 7 nitrogen and oxygen atoms in total. The molecule has 44 heavy (non-hydrogen) atoms. The predicted octanol–water partition coefficient (Wildman–Crippen LogP) is 5.57. The van der Waals surface area contributed by atoms with Gasteiger partial charge < -0.3 is 10.2 Å². The molecule has 10 heteroatoms. The number of nitrogens with zero attached hydrogens (tertiary/aromatic N) is 2. The molecule has 4 rings (SSSR count). The molecule has 0 aliphatic carbocycles. The summed E-state index contributed by atoms with van der Waals surface area (Å²) in [5.41, 5.74) is 0.991. The van der Waals surface area contributed by atoms with Crippen LogP contribution in [0, 0.1) is 17.6 Å². The van der Waals surface area contributed by atoms with Crippen molar-refractivity contribution in [2.45, 2.75) is 37.8 Å². The van der Waals surface area contributed by atoms with Crippen molar-refractivity contribution < 1.29 is 26.8 Å². The maximum absolute atomic E-state index is 15.1. The normalized spacial score (nSPS) is 12.0. The van der Waals surface area contributed by atoms with Gasteiger partial charge in [0.05, 0.1) is 10.6 Å². The second kappa shape index (κ2) is 14.7. The van der Waals surface area contributed by atoms with Gasteiger partial charge in [0, 0.05) is 19.5 Å². The number of anilines is 1. The van der Waals surface area contributed by atoms with E-state index in [0.717, 1.165) is 15.9 Å². The van der Waals surface area contributed by atoms with E-state index in [1.165, 1.54) is 71.6 Å². The van der Waals surface area contributed by atoms with E-state index < -0.39 is 46.1 Å². The van der Waals surface area contributed by atoms with Gasteiger partial charge in [-0.25, -0.2) is 17.2 Å². The third kappa shape index (κ3) is 8.29. The second-order valence-corrected chi connectivity index (χ2v) is 12.6. The van der Waals surface area contributed by atoms with Crippen LogP contribution in [0.15, 0.2) is 114 Å². The Morgan fingerprint density at radius 3 is 1.98 bits per heavy atom. The summed E-state index contributed by atoms with van der Waals surface area (Å²) in [6.07, 6.45) is 0.128. The van der Waals surface area contributed by atoms with Gasteiger partial charge in [-0.1, -0.05) is 86.6 Å². The van der Waals surface area contributed by atoms with E-state index in [0.29, 0.717) is 12.1 Å². The van der Waals surface area contributed by atoms with Gasteiger partial charge in [-0.05, 0) is 53.4 Å². The number of carbonyl (C=O) groups is 2. The summed E-state index contributed by atoms with van der Waals surface area (Å²) in [5, 5.41) is 2.90. The lowest BCUT2D eigenvalue weighted by Gasteiger charge is -2.34. The fourth-order valence-corrected chi connectivity index (χ4v) is 6.09. The van der Waals surface area contributed by atoms with E-state index in [1.54, 1.807) is 6.07 Å². The molecule has 1 atom stereocenters. The molecule has 4 aromatic rings. The Morgan fingerprint density at radius 1 is 0.773 bits per heavy atom. The summed E-state index contributed by atoms with van der Waals surface area (Å²) in [6, 6.07) is 26.3. The van der Waals surface area contributed by atoms with Crippen LogP contribution in [0.5, 0.6) is 0 Å². The van der Waals surface area contributed by atoms with Crippen molar-refractivity contribution in [3.05, 3.63) is 132 Å². The number of hydrogen-bond acceptors (Lipinski definition) is 4. The predicted molar refractivity (Wildman–Crippen MR) is 166 cm³/mol. The molecular weight excluding hydrogens is 584 g/mol. The van der Waals surface area contributed by atoms with Crippen LogP contribution < -0.4 is 9.62 Å². The average Bonchev–Trinajstić information content (AvgIpc) is 3.02. The lowest BCUT2D eigenvalue weighted by Crippen LogP contribution is -2.53. The molecule has 230 valence electrons. The van der Waals surface area contributed by atoms with Crippen molar-refractivity contribution >= 4 is 27.5 Å². The summed E-state index contributed by atoms with van der Waals surface area (Å²) >= 11 is 0. The molecule has 0 spiro atoms. The molecule has 0 saturated heterocycles. The van der Waals surface area contributed by atoms with Crippen LogP contribution in [-0.4, -0.2) is 44.3 Å². The quantitative estimate of drug-likeness (QED) is 0.212. The first kappa shape index (κ1) is 32.3. The largest absolute Gasteiger partial charge is 0.354 e. The van der Waals surface area contributed by atoms with Gasteiger partial charge in [0.25, 0.3) is 10.0 Å². The zero-order chi connectivity index (χ0) is 31.7. The fraction of sp³-hybridized carbons (Fsp3) is 0.235. The minimum Gasteiger partial charge on any atom is -0.354 e. The lowest BCUT2D eigenvalue weighted by atomic mass is 10.0. The number of benzene rings is 4. The molecule has 2 amide bonds. The molecule has 4 aromatic carbocycles. The molecule has 0 aliphatic heterocycles. The Balaban J connectivity index is 1.79. The van der Waals surface area contributed by atoms with E-state index in [2.05, 4.69) is 5.32 Å². The number of para-hydroxylation sites is 1. The summed E-state index contributed by atoms with van der Waals surface area (Å²) in [4.78, 5) is 29.2. The lowest BCUT2D eigenvalue weighted by molar-refractivity contribution is -0.140. The van der Waals surface area contributed by atoms with Crippen molar-refractivity contribution in [1.82, 2.24) is 10.2 Å². The Bertz CT molecular complexity index is 1650. The highest BCUT2D eigenvalue weighted by Gasteiger charge is 2.35. The molecule has 1 N–H and O–H groups in total. The van der Waals surface area contributed by atoms with E-state index in [1.807, 2.05) is 44.2 Å². The first-order valence-electron chi connectivity index (χ1n) is 14.2. The molecule has 0 saturated carbocycles. The Kier molecular flexibility index (Phi) is 10.8. The van der Waals surface area contributed by atoms with Crippen molar-refractivity contribution in [2.75, 3.05) is 17.4 Å². The molecular formula is C34H35F2N3O4S. The molecule has 0 heterocycles. The van der Waals surface area contributed by atoms with E-state index in [9.17, 15) is 22.4 Å². The minimum atomic E-state index is -4.41. The summed E-state index contributed by atoms with van der Waals surface area (Å²) in [5.74, 6) is -2.34. The van der Waals surface area contributed by atoms with Crippen molar-refractivity contribution in [3.8, 4) is 0 Å². The summed E-state index contributed by atoms with van der Waals surface area (Å²) < 4.78 is 57.4. The summed E-state index contributed by atoms with van der Waals surface area (Å²) in [7, 11) is -4.41. The zero-order valence-electron chi connectivity index (χ0n) is 24.6. The zero-order valence-corrected chi connectivity index (χ0v) is 25.4. The van der Waals surface area contributed by atoms with Crippen LogP contribution in [0.2, 0.25) is 0 Å². The van der Waals surface area contributed by atoms with Crippen molar-refractivity contribution in [1.29, 1.82) is 0 Å². The first-order valence-corrected chi connectivity index (χ1v) is 15.7. The van der Waals surface area contributed by atoms with Crippen LogP contribution in [0.25, 0.3) is 0 Å². The first-order chi connectivity index (χ1) is 21.1. The third-order valence-corrected chi connectivity index (χ3v) is 8.73. The number of sulfonamides is 1. The van der Waals surface area contributed by atoms with Crippen LogP contribution in [-0.2, 0) is 32.6 Å². The van der Waals surface area contributed by atoms with Gasteiger partial charge in [0.2, 0.25) is 11.8 Å². The second-order valence-electron chi connectivity index (χ2n) is 10.8. The smallest absolute Gasteiger partial charge is 0.264 e. The highest BCUT2D eigenvalue weighted by atomic mass is 32.2. The van der Waals surface area contributed by atoms with Crippen LogP contribution in [0.3, 0.4) is 0 Å². The standard InChI is InChI=1S/C34H35F2N3O4S/c1-25(2)22-37-34(41)32(21-26-11-5-3-6-12-26)38(23-27-17-19-28(35)20-18-27)33(40)24-39(31-16-10-9-15-30(31)36)44(42,43)29-13-7-4-8-14-29/h3-20,25,32H,21-24H2,1-2H3,(H,37,41)/t32-/m1/s1. The molecule has 0 aliphatic rings. The molecule has 0 bridgehead atoms. The number of nitrogens with one attached hydrogen (secondary N) is 1. The molecule has 0 radical (unpaired) electrons. The van der Waals surface area contributed by atoms with Crippen molar-refractivity contribution in [2.24, 2.45) is 5.92 Å². The van der Waals surface area contributed by atoms with Gasteiger partial charge >= 0.3 is 0 Å². The summed E-state index contributed by atoms with van der Waals surface area (Å²) in [6.45, 7) is 3.32. The fourth-order valence-electron chi connectivity index (χ4n) is 4.65. The van der Waals surface area contributed by atoms with Crippen LogP contribution in [0.4, 0.5) is 14.5 Å². The Hall–Kier alpha value is -4.57. The molecule has 0 fully saturated rings. The number of amides is 2. The topological polar surface area (TPSA) is 86.8 Å². The number of rotatable bonds is 13. The van der Waals surface area contributed by atoms with Gasteiger partial charge in [-0.2, -0.15) is 0 Å². The van der Waals surface area contributed by atoms with E-state index >= 15 is 4.39 Å². The van der Waals surface area contributed by atoms with Crippen LogP contribution >= 0.6 is 0 Å². The van der Waals surface area contributed by atoms with Gasteiger partial charge in [-0.15, -0.1) is 0 Å². The van der Waals surface area contributed by atoms with Crippen LogP contribution in [0.1, 0.15) is 25.0 Å². The van der Waals surface area contributed by atoms with Crippen molar-refractivity contribution in [3.63, 3.8) is 0 Å². The number of halogens is 2. The average molecular weight is 620 g/mol. The maximum Gasteiger partial charge on any atom is 0.264 e. The molecule has 0 aromatic heterocycles. The monoisotopic (exact) mass is 619 g/mol. The van der Waals surface area contributed by atoms with E-state index in [4.69, 9.17) is 0 Å². The molecule has 0 unspecified atom stereocenters. The number of hydrogen-bond donors (Lipinski definition) is 1. The number of carbonyl (C=O) groups excluding carboxylic acids is 2. The maximum atomic E-state index is 15.1. The van der Waals surface area contributed by atoms with Gasteiger partial charge in [-0.3, -0.25) is 13.9 Å². The Labute approximate surface area is 257 Å². The van der Waals surface area contributed by atoms with Gasteiger partial charge in [0.15, 0.2) is 0 Å². The third-order valence-electron chi connectivity index (χ3n) is 6.95. The highest BCUT2D eigenvalue weighted by Crippen LogP contribution is 2.27. The minimum absolute atomic E-state index is 0.123. The highest BCUT2D eigenvalue weighted by molar-refractivity contribution is 7.92. The SMILES string of the molecule is CC(C)CNC(=O)[C@@H](Cc1ccccc1)N(Cc1ccc(F)cc1)C(=O)CN(c1ccccc1F)S(=O)(=O)c1ccccc1. The van der Waals surface area contributed by atoms with E-state index in [-0.39, 0.29) is 29.5 Å². The Morgan fingerprint density at radius 2 is 1.36 bits per heavy atom. The van der Waals surface area contributed by atoms with Gasteiger partial charge in [0.1, 0.15) is 24.2 Å².